The molecule has 2 bridgehead atoms. The molecule has 1 aromatic rings. The van der Waals surface area contributed by atoms with Crippen molar-refractivity contribution in [3.63, 3.8) is 0 Å². The van der Waals surface area contributed by atoms with E-state index in [1.54, 1.807) is 0 Å². The van der Waals surface area contributed by atoms with E-state index in [2.05, 4.69) is 5.32 Å². The number of carbonyl (C=O) groups excluding carboxylic acids is 1. The zero-order valence-corrected chi connectivity index (χ0v) is 14.3. The van der Waals surface area contributed by atoms with Gasteiger partial charge in [-0.3, -0.25) is 4.79 Å². The highest BCUT2D eigenvalue weighted by molar-refractivity contribution is 6.36. The third kappa shape index (κ3) is 3.16. The molecule has 3 saturated carbocycles. The molecule has 0 heterocycles. The lowest BCUT2D eigenvalue weighted by Gasteiger charge is -2.52. The minimum Gasteiger partial charge on any atom is -0.506 e. The first-order valence-electron chi connectivity index (χ1n) is 7.12. The van der Waals surface area contributed by atoms with Gasteiger partial charge in [-0.05, 0) is 50.7 Å². The van der Waals surface area contributed by atoms with Crippen LogP contribution in [0.4, 0.5) is 0 Å². The average molecular weight is 366 g/mol. The lowest BCUT2D eigenvalue weighted by Crippen LogP contribution is -2.61. The van der Waals surface area contributed by atoms with Crippen molar-refractivity contribution in [3.8, 4) is 5.75 Å². The third-order valence-electron chi connectivity index (χ3n) is 4.96. The van der Waals surface area contributed by atoms with Gasteiger partial charge in [0.2, 0.25) is 0 Å². The Morgan fingerprint density at radius 3 is 2.23 bits per heavy atom. The second-order valence-corrected chi connectivity index (χ2v) is 7.22. The lowest BCUT2D eigenvalue weighted by atomic mass is 9.62. The van der Waals surface area contributed by atoms with Crippen molar-refractivity contribution in [2.24, 2.45) is 5.73 Å². The first-order chi connectivity index (χ1) is 9.83. The predicted octanol–water partition coefficient (Wildman–Crippen LogP) is 3.65. The number of hydrogen-bond acceptors (Lipinski definition) is 3. The number of halogens is 3. The molecule has 122 valence electrons. The Morgan fingerprint density at radius 2 is 1.68 bits per heavy atom. The summed E-state index contributed by atoms with van der Waals surface area (Å²) in [6.45, 7) is 0. The normalized spacial score (nSPS) is 29.8. The summed E-state index contributed by atoms with van der Waals surface area (Å²) in [6.07, 6.45) is 5.42. The van der Waals surface area contributed by atoms with Crippen molar-refractivity contribution < 1.29 is 9.90 Å². The van der Waals surface area contributed by atoms with Crippen LogP contribution in [0.25, 0.3) is 0 Å². The van der Waals surface area contributed by atoms with Crippen LogP contribution in [0.3, 0.4) is 0 Å². The summed E-state index contributed by atoms with van der Waals surface area (Å²) in [7, 11) is 0. The number of carbonyl (C=O) groups is 1. The highest BCUT2D eigenvalue weighted by Gasteiger charge is 2.47. The van der Waals surface area contributed by atoms with Crippen LogP contribution in [0.2, 0.25) is 10.0 Å². The maximum absolute atomic E-state index is 12.5. The second kappa shape index (κ2) is 6.08. The summed E-state index contributed by atoms with van der Waals surface area (Å²) < 4.78 is 0. The Hall–Kier alpha value is -0.680. The van der Waals surface area contributed by atoms with Gasteiger partial charge in [0.1, 0.15) is 5.75 Å². The SMILES string of the molecule is Cl.NC12CCC(NC(=O)c3cc(Cl)cc(Cl)c3O)(CC1)CC2. The van der Waals surface area contributed by atoms with Gasteiger partial charge in [0.05, 0.1) is 10.6 Å². The monoisotopic (exact) mass is 364 g/mol. The quantitative estimate of drug-likeness (QED) is 0.748. The highest BCUT2D eigenvalue weighted by atomic mass is 35.5. The van der Waals surface area contributed by atoms with Crippen LogP contribution in [-0.2, 0) is 0 Å². The van der Waals surface area contributed by atoms with Gasteiger partial charge in [-0.25, -0.2) is 0 Å². The molecule has 0 radical (unpaired) electrons. The first kappa shape index (κ1) is 17.7. The van der Waals surface area contributed by atoms with E-state index in [0.29, 0.717) is 5.02 Å². The molecule has 1 aromatic carbocycles. The average Bonchev–Trinajstić information content (AvgIpc) is 2.44. The second-order valence-electron chi connectivity index (χ2n) is 6.38. The molecule has 0 unspecified atom stereocenters. The number of phenolic OH excluding ortho intramolecular Hbond substituents is 1. The van der Waals surface area contributed by atoms with E-state index >= 15 is 0 Å². The van der Waals surface area contributed by atoms with Gasteiger partial charge in [0.25, 0.3) is 5.91 Å². The van der Waals surface area contributed by atoms with Crippen LogP contribution >= 0.6 is 35.6 Å². The third-order valence-corrected chi connectivity index (χ3v) is 5.46. The standard InChI is InChI=1S/C15H18Cl2N2O2.ClH/c16-9-7-10(12(20)11(17)8-9)13(21)19-15-4-1-14(18,2-5-15)3-6-15;/h7-8,20H,1-6,18H2,(H,19,21);1H. The fourth-order valence-electron chi connectivity index (χ4n) is 3.45. The van der Waals surface area contributed by atoms with Gasteiger partial charge in [0.15, 0.2) is 0 Å². The molecular formula is C15H19Cl3N2O2. The molecule has 3 aliphatic carbocycles. The van der Waals surface area contributed by atoms with E-state index in [0.717, 1.165) is 38.5 Å². The molecular weight excluding hydrogens is 347 g/mol. The van der Waals surface area contributed by atoms with E-state index in [1.165, 1.54) is 12.1 Å². The predicted molar refractivity (Wildman–Crippen MR) is 90.2 cm³/mol. The van der Waals surface area contributed by atoms with Crippen molar-refractivity contribution in [2.45, 2.75) is 49.6 Å². The van der Waals surface area contributed by atoms with Crippen molar-refractivity contribution >= 4 is 41.5 Å². The fraction of sp³-hybridized carbons (Fsp3) is 0.533. The zero-order valence-electron chi connectivity index (χ0n) is 12.0. The maximum atomic E-state index is 12.5. The Kier molecular flexibility index (Phi) is 4.88. The highest BCUT2D eigenvalue weighted by Crippen LogP contribution is 2.45. The number of nitrogens with two attached hydrogens (primary N) is 1. The summed E-state index contributed by atoms with van der Waals surface area (Å²) in [5, 5.41) is 13.4. The number of fused-ring (bicyclic) bond motifs is 3. The molecule has 22 heavy (non-hydrogen) atoms. The van der Waals surface area contributed by atoms with Gasteiger partial charge in [0, 0.05) is 16.1 Å². The van der Waals surface area contributed by atoms with E-state index in [1.807, 2.05) is 0 Å². The Balaban J connectivity index is 0.00000176. The van der Waals surface area contributed by atoms with Crippen LogP contribution in [0.1, 0.15) is 48.9 Å². The van der Waals surface area contributed by atoms with Crippen molar-refractivity contribution in [2.75, 3.05) is 0 Å². The summed E-state index contributed by atoms with van der Waals surface area (Å²) in [6, 6.07) is 2.85. The zero-order chi connectivity index (χ0) is 15.3. The van der Waals surface area contributed by atoms with Crippen LogP contribution in [0.5, 0.6) is 5.75 Å². The van der Waals surface area contributed by atoms with Gasteiger partial charge in [-0.1, -0.05) is 23.2 Å². The molecule has 3 fully saturated rings. The van der Waals surface area contributed by atoms with Gasteiger partial charge in [-0.2, -0.15) is 0 Å². The summed E-state index contributed by atoms with van der Waals surface area (Å²) in [5.74, 6) is -0.557. The van der Waals surface area contributed by atoms with Crippen molar-refractivity contribution in [1.82, 2.24) is 5.32 Å². The van der Waals surface area contributed by atoms with Crippen molar-refractivity contribution in [1.29, 1.82) is 0 Å². The molecule has 0 atom stereocenters. The minimum absolute atomic E-state index is 0. The molecule has 0 aromatic heterocycles. The molecule has 7 heteroatoms. The number of rotatable bonds is 2. The Bertz CT molecular complexity index is 582. The fourth-order valence-corrected chi connectivity index (χ4v) is 3.94. The van der Waals surface area contributed by atoms with Gasteiger partial charge < -0.3 is 16.2 Å². The van der Waals surface area contributed by atoms with Gasteiger partial charge >= 0.3 is 0 Å². The largest absolute Gasteiger partial charge is 0.506 e. The topological polar surface area (TPSA) is 75.3 Å². The van der Waals surface area contributed by atoms with E-state index in [-0.39, 0.29) is 45.7 Å². The summed E-state index contributed by atoms with van der Waals surface area (Å²) >= 11 is 11.8. The molecule has 0 spiro atoms. The minimum atomic E-state index is -0.330. The molecule has 4 N–H and O–H groups in total. The van der Waals surface area contributed by atoms with Crippen LogP contribution in [0, 0.1) is 0 Å². The maximum Gasteiger partial charge on any atom is 0.255 e. The Morgan fingerprint density at radius 1 is 1.14 bits per heavy atom. The van der Waals surface area contributed by atoms with Crippen LogP contribution < -0.4 is 11.1 Å². The smallest absolute Gasteiger partial charge is 0.255 e. The first-order valence-corrected chi connectivity index (χ1v) is 7.88. The van der Waals surface area contributed by atoms with Crippen LogP contribution in [0.15, 0.2) is 12.1 Å². The molecule has 0 saturated heterocycles. The number of phenols is 1. The molecule has 0 aliphatic heterocycles. The van der Waals surface area contributed by atoms with E-state index in [4.69, 9.17) is 28.9 Å². The number of hydrogen-bond donors (Lipinski definition) is 3. The summed E-state index contributed by atoms with van der Waals surface area (Å²) in [5.41, 5.74) is 6.14. The number of nitrogens with one attached hydrogen (secondary N) is 1. The number of aromatic hydroxyl groups is 1. The van der Waals surface area contributed by atoms with E-state index in [9.17, 15) is 9.90 Å². The molecule has 3 aliphatic rings. The molecule has 4 rings (SSSR count). The van der Waals surface area contributed by atoms with Crippen molar-refractivity contribution in [3.05, 3.63) is 27.7 Å². The van der Waals surface area contributed by atoms with Gasteiger partial charge in [-0.15, -0.1) is 12.4 Å². The number of amides is 1. The van der Waals surface area contributed by atoms with E-state index < -0.39 is 0 Å². The molecule has 1 amide bonds. The Labute approximate surface area is 145 Å². The summed E-state index contributed by atoms with van der Waals surface area (Å²) in [4.78, 5) is 12.5. The number of benzene rings is 1. The molecule has 4 nitrogen and oxygen atoms in total. The van der Waals surface area contributed by atoms with Crippen LogP contribution in [-0.4, -0.2) is 22.1 Å². The lowest BCUT2D eigenvalue weighted by molar-refractivity contribution is 0.0626.